The fraction of sp³-hybridized carbons (Fsp3) is 0.310. The van der Waals surface area contributed by atoms with Crippen molar-refractivity contribution in [3.63, 3.8) is 0 Å². The first-order chi connectivity index (χ1) is 16.9. The molecular formula is C29H28BClF2NO. The lowest BCUT2D eigenvalue weighted by Crippen LogP contribution is -2.30. The Hall–Kier alpha value is -2.79. The van der Waals surface area contributed by atoms with Gasteiger partial charge in [0.1, 0.15) is 5.76 Å². The molecule has 6 heteroatoms. The summed E-state index contributed by atoms with van der Waals surface area (Å²) < 4.78 is 28.6. The van der Waals surface area contributed by atoms with Gasteiger partial charge in [-0.05, 0) is 47.7 Å². The normalized spacial score (nSPS) is 18.5. The Bertz CT molecular complexity index is 1240. The first kappa shape index (κ1) is 23.9. The number of rotatable bonds is 4. The molecule has 0 aromatic heterocycles. The molecule has 1 radical (unpaired) electrons. The zero-order valence-electron chi connectivity index (χ0n) is 19.6. The third-order valence-electron chi connectivity index (χ3n) is 7.50. The minimum Gasteiger partial charge on any atom is -0.508 e. The Labute approximate surface area is 211 Å². The highest BCUT2D eigenvalue weighted by Crippen LogP contribution is 2.40. The quantitative estimate of drug-likeness (QED) is 0.297. The summed E-state index contributed by atoms with van der Waals surface area (Å²) in [5, 5.41) is 10.2. The maximum absolute atomic E-state index is 14.4. The maximum atomic E-state index is 14.4. The minimum atomic E-state index is -1.12. The predicted molar refractivity (Wildman–Crippen MR) is 142 cm³/mol. The van der Waals surface area contributed by atoms with Gasteiger partial charge in [-0.15, -0.1) is 0 Å². The Balaban J connectivity index is 1.59. The number of anilines is 2. The van der Waals surface area contributed by atoms with Gasteiger partial charge in [0.15, 0.2) is 18.9 Å². The number of nitrogens with zero attached hydrogens (tertiary/aromatic N) is 1. The van der Waals surface area contributed by atoms with Crippen molar-refractivity contribution in [3.05, 3.63) is 83.4 Å². The van der Waals surface area contributed by atoms with E-state index in [9.17, 15) is 13.9 Å². The molecule has 3 aromatic rings. The van der Waals surface area contributed by atoms with Crippen molar-refractivity contribution in [1.82, 2.24) is 0 Å². The highest BCUT2D eigenvalue weighted by atomic mass is 35.5. The summed E-state index contributed by atoms with van der Waals surface area (Å²) >= 11 is 6.77. The highest BCUT2D eigenvalue weighted by Gasteiger charge is 2.31. The van der Waals surface area contributed by atoms with Crippen LogP contribution in [0.5, 0.6) is 0 Å². The summed E-state index contributed by atoms with van der Waals surface area (Å²) in [7, 11) is 2.27. The molecule has 1 heterocycles. The molecule has 1 N–H and O–H groups in total. The molecule has 1 atom stereocenters. The molecular weight excluding hydrogens is 463 g/mol. The number of aliphatic hydroxyl groups excluding tert-OH is 1. The van der Waals surface area contributed by atoms with Gasteiger partial charge in [0.2, 0.25) is 0 Å². The van der Waals surface area contributed by atoms with Crippen LogP contribution in [0.2, 0.25) is 11.3 Å². The predicted octanol–water partition coefficient (Wildman–Crippen LogP) is 7.91. The van der Waals surface area contributed by atoms with Crippen LogP contribution < -0.4 is 10.4 Å². The van der Waals surface area contributed by atoms with Crippen molar-refractivity contribution in [1.29, 1.82) is 0 Å². The molecule has 179 valence electrons. The molecule has 0 spiro atoms. The molecule has 1 fully saturated rings. The summed E-state index contributed by atoms with van der Waals surface area (Å²) in [6.45, 7) is 4.28. The van der Waals surface area contributed by atoms with E-state index in [-0.39, 0.29) is 5.56 Å². The number of aliphatic hydroxyl groups is 1. The van der Waals surface area contributed by atoms with E-state index < -0.39 is 17.4 Å². The van der Waals surface area contributed by atoms with Crippen molar-refractivity contribution >= 4 is 41.5 Å². The summed E-state index contributed by atoms with van der Waals surface area (Å²) in [6.07, 6.45) is 7.41. The molecule has 0 saturated heterocycles. The second-order valence-corrected chi connectivity index (χ2v) is 10.1. The lowest BCUT2D eigenvalue weighted by molar-refractivity contribution is 0.269. The standard InChI is InChI=1S/C29H28BClF2NO/c1-18(35)23-12-20(13-27(32)29(23)33)24-14-25-28(15-26(24)31)34(22-10-6-3-7-11-22)17-21(16-30-25)19-8-4-2-5-9-19/h3,6-7,10-15,19,21,35H,1-2,4-5,8-9,16-17H2. The summed E-state index contributed by atoms with van der Waals surface area (Å²) in [5.74, 6) is -1.47. The minimum absolute atomic E-state index is 0.265. The smallest absolute Gasteiger partial charge is 0.169 e. The van der Waals surface area contributed by atoms with Crippen LogP contribution in [0, 0.1) is 23.5 Å². The number of hydrogen-bond acceptors (Lipinski definition) is 2. The third kappa shape index (κ3) is 4.84. The molecule has 1 aliphatic heterocycles. The summed E-state index contributed by atoms with van der Waals surface area (Å²) in [6, 6.07) is 16.7. The highest BCUT2D eigenvalue weighted by molar-refractivity contribution is 6.56. The van der Waals surface area contributed by atoms with Crippen molar-refractivity contribution < 1.29 is 13.9 Å². The molecule has 0 bridgehead atoms. The average Bonchev–Trinajstić information content (AvgIpc) is 3.05. The molecule has 1 aliphatic carbocycles. The lowest BCUT2D eigenvalue weighted by Gasteiger charge is -2.34. The van der Waals surface area contributed by atoms with Crippen molar-refractivity contribution in [3.8, 4) is 11.1 Å². The van der Waals surface area contributed by atoms with E-state index in [1.165, 1.54) is 38.2 Å². The van der Waals surface area contributed by atoms with Gasteiger partial charge < -0.3 is 10.0 Å². The monoisotopic (exact) mass is 490 g/mol. The molecule has 0 amide bonds. The van der Waals surface area contributed by atoms with Gasteiger partial charge in [0.05, 0.1) is 10.6 Å². The van der Waals surface area contributed by atoms with Crippen LogP contribution >= 0.6 is 11.6 Å². The van der Waals surface area contributed by atoms with Gasteiger partial charge in [-0.25, -0.2) is 8.78 Å². The first-order valence-corrected chi connectivity index (χ1v) is 12.7. The van der Waals surface area contributed by atoms with E-state index in [2.05, 4.69) is 30.9 Å². The Morgan fingerprint density at radius 1 is 1.00 bits per heavy atom. The molecule has 1 unspecified atom stereocenters. The fourth-order valence-corrected chi connectivity index (χ4v) is 5.90. The molecule has 2 nitrogen and oxygen atoms in total. The second-order valence-electron chi connectivity index (χ2n) is 9.70. The van der Waals surface area contributed by atoms with Crippen LogP contribution in [0.4, 0.5) is 20.2 Å². The summed E-state index contributed by atoms with van der Waals surface area (Å²) in [4.78, 5) is 2.35. The number of fused-ring (bicyclic) bond motifs is 1. The molecule has 1 saturated carbocycles. The van der Waals surface area contributed by atoms with Crippen LogP contribution in [-0.4, -0.2) is 18.9 Å². The van der Waals surface area contributed by atoms with E-state index in [1.807, 2.05) is 30.3 Å². The van der Waals surface area contributed by atoms with Crippen molar-refractivity contribution in [2.24, 2.45) is 11.8 Å². The van der Waals surface area contributed by atoms with Gasteiger partial charge in [0, 0.05) is 23.5 Å². The Morgan fingerprint density at radius 2 is 1.74 bits per heavy atom. The van der Waals surface area contributed by atoms with E-state index >= 15 is 0 Å². The molecule has 35 heavy (non-hydrogen) atoms. The van der Waals surface area contributed by atoms with Crippen LogP contribution in [0.25, 0.3) is 16.9 Å². The zero-order chi connectivity index (χ0) is 24.5. The van der Waals surface area contributed by atoms with E-state index in [4.69, 9.17) is 11.6 Å². The van der Waals surface area contributed by atoms with Gasteiger partial charge in [0.25, 0.3) is 0 Å². The maximum Gasteiger partial charge on any atom is 0.169 e. The van der Waals surface area contributed by atoms with Crippen LogP contribution in [0.3, 0.4) is 0 Å². The Morgan fingerprint density at radius 3 is 2.46 bits per heavy atom. The average molecular weight is 491 g/mol. The van der Waals surface area contributed by atoms with Gasteiger partial charge in [-0.3, -0.25) is 0 Å². The molecule has 5 rings (SSSR count). The van der Waals surface area contributed by atoms with Crippen LogP contribution in [-0.2, 0) is 0 Å². The number of hydrogen-bond donors (Lipinski definition) is 1. The molecule has 2 aliphatic rings. The van der Waals surface area contributed by atoms with E-state index in [0.29, 0.717) is 28.0 Å². The lowest BCUT2D eigenvalue weighted by atomic mass is 9.60. The van der Waals surface area contributed by atoms with Crippen LogP contribution in [0.1, 0.15) is 37.7 Å². The van der Waals surface area contributed by atoms with Gasteiger partial charge in [-0.2, -0.15) is 0 Å². The van der Waals surface area contributed by atoms with E-state index in [0.717, 1.165) is 35.8 Å². The summed E-state index contributed by atoms with van der Waals surface area (Å²) in [5.41, 5.74) is 3.86. The van der Waals surface area contributed by atoms with Crippen LogP contribution in [0.15, 0.2) is 61.2 Å². The van der Waals surface area contributed by atoms with E-state index in [1.54, 1.807) is 0 Å². The second kappa shape index (κ2) is 10.1. The zero-order valence-corrected chi connectivity index (χ0v) is 20.4. The van der Waals surface area contributed by atoms with Gasteiger partial charge >= 0.3 is 0 Å². The first-order valence-electron chi connectivity index (χ1n) is 12.3. The fourth-order valence-electron chi connectivity index (χ4n) is 5.64. The Kier molecular flexibility index (Phi) is 6.88. The van der Waals surface area contributed by atoms with Gasteiger partial charge in [-0.1, -0.05) is 86.3 Å². The molecule has 3 aromatic carbocycles. The van der Waals surface area contributed by atoms with Crippen molar-refractivity contribution in [2.45, 2.75) is 38.4 Å². The SMILES string of the molecule is C=C(O)c1cc(-c2cc3c(cc2Cl)N(c2ccccc2)CC(C2CCCCC2)C[B]3)cc(F)c1F. The topological polar surface area (TPSA) is 23.5 Å². The number of benzene rings is 3. The third-order valence-corrected chi connectivity index (χ3v) is 7.81. The number of para-hydroxylation sites is 1. The largest absolute Gasteiger partial charge is 0.508 e. The van der Waals surface area contributed by atoms with Crippen molar-refractivity contribution in [2.75, 3.05) is 11.4 Å². The number of halogens is 3.